The molecule has 2 saturated heterocycles. The van der Waals surface area contributed by atoms with Crippen LogP contribution in [0, 0.1) is 0 Å². The molecule has 0 aliphatic carbocycles. The second-order valence-electron chi connectivity index (χ2n) is 3.54. The highest BCUT2D eigenvalue weighted by Crippen LogP contribution is 2.37. The smallest absolute Gasteiger partial charge is 0.312 e. The van der Waals surface area contributed by atoms with Crippen molar-refractivity contribution in [3.63, 3.8) is 0 Å². The summed E-state index contributed by atoms with van der Waals surface area (Å²) < 4.78 is 0. The van der Waals surface area contributed by atoms with Gasteiger partial charge in [-0.1, -0.05) is 0 Å². The molecule has 0 unspecified atom stereocenters. The first-order valence-electron chi connectivity index (χ1n) is 4.32. The zero-order chi connectivity index (χ0) is 8.72. The molecule has 4 nitrogen and oxygen atoms in total. The minimum Gasteiger partial charge on any atom is -0.361 e. The minimum atomic E-state index is -0.811. The van der Waals surface area contributed by atoms with E-state index in [1.807, 2.05) is 0 Å². The fraction of sp³-hybridized carbons (Fsp3) is 0.750. The zero-order valence-corrected chi connectivity index (χ0v) is 6.82. The Morgan fingerprint density at radius 3 is 1.83 bits per heavy atom. The Hall–Kier alpha value is -1.06. The van der Waals surface area contributed by atoms with Crippen LogP contribution in [0.2, 0.25) is 0 Å². The second-order valence-corrected chi connectivity index (χ2v) is 3.54. The van der Waals surface area contributed by atoms with Crippen LogP contribution in [0.15, 0.2) is 0 Å². The summed E-state index contributed by atoms with van der Waals surface area (Å²) >= 11 is 0. The van der Waals surface area contributed by atoms with Gasteiger partial charge in [-0.05, 0) is 25.7 Å². The molecule has 2 heterocycles. The monoisotopic (exact) mass is 168 g/mol. The van der Waals surface area contributed by atoms with E-state index in [4.69, 9.17) is 5.73 Å². The van der Waals surface area contributed by atoms with Gasteiger partial charge in [-0.25, -0.2) is 0 Å². The topological polar surface area (TPSA) is 63.4 Å². The molecule has 2 aliphatic heterocycles. The molecule has 0 atom stereocenters. The Morgan fingerprint density at radius 1 is 1.08 bits per heavy atom. The summed E-state index contributed by atoms with van der Waals surface area (Å²) in [5, 5.41) is 0. The van der Waals surface area contributed by atoms with E-state index in [0.29, 0.717) is 12.1 Å². The van der Waals surface area contributed by atoms with Gasteiger partial charge in [0.15, 0.2) is 0 Å². The Kier molecular flexibility index (Phi) is 1.56. The van der Waals surface area contributed by atoms with E-state index < -0.39 is 11.8 Å². The number of carbonyl (C=O) groups is 2. The lowest BCUT2D eigenvalue weighted by Gasteiger charge is -2.19. The SMILES string of the molecule is NC(=O)C(=O)N1C2CCC1CC2. The quantitative estimate of drug-likeness (QED) is 0.501. The number of hydrogen-bond donors (Lipinski definition) is 1. The first-order valence-corrected chi connectivity index (χ1v) is 4.32. The maximum Gasteiger partial charge on any atom is 0.312 e. The van der Waals surface area contributed by atoms with Crippen LogP contribution in [0.25, 0.3) is 0 Å². The molecular formula is C8H12N2O2. The third-order valence-electron chi connectivity index (χ3n) is 2.90. The summed E-state index contributed by atoms with van der Waals surface area (Å²) in [6, 6.07) is 0.602. The van der Waals surface area contributed by atoms with Gasteiger partial charge in [0.25, 0.3) is 0 Å². The number of amides is 2. The third-order valence-corrected chi connectivity index (χ3v) is 2.90. The summed E-state index contributed by atoms with van der Waals surface area (Å²) in [4.78, 5) is 23.6. The van der Waals surface area contributed by atoms with Crippen LogP contribution in [0.4, 0.5) is 0 Å². The number of nitrogens with two attached hydrogens (primary N) is 1. The van der Waals surface area contributed by atoms with Crippen molar-refractivity contribution in [2.45, 2.75) is 37.8 Å². The predicted octanol–water partition coefficient (Wildman–Crippen LogP) is -0.375. The van der Waals surface area contributed by atoms with Gasteiger partial charge in [-0.3, -0.25) is 9.59 Å². The highest BCUT2D eigenvalue weighted by molar-refractivity contribution is 6.34. The summed E-state index contributed by atoms with van der Waals surface area (Å²) in [6.07, 6.45) is 4.18. The van der Waals surface area contributed by atoms with Crippen LogP contribution < -0.4 is 5.73 Å². The van der Waals surface area contributed by atoms with Crippen LogP contribution in [0.1, 0.15) is 25.7 Å². The van der Waals surface area contributed by atoms with E-state index in [0.717, 1.165) is 25.7 Å². The number of hydrogen-bond acceptors (Lipinski definition) is 2. The van der Waals surface area contributed by atoms with Gasteiger partial charge < -0.3 is 10.6 Å². The van der Waals surface area contributed by atoms with Crippen LogP contribution in [-0.2, 0) is 9.59 Å². The molecule has 0 aromatic rings. The van der Waals surface area contributed by atoms with Gasteiger partial charge in [-0.15, -0.1) is 0 Å². The van der Waals surface area contributed by atoms with Crippen LogP contribution in [-0.4, -0.2) is 28.8 Å². The lowest BCUT2D eigenvalue weighted by Crippen LogP contribution is -2.43. The Morgan fingerprint density at radius 2 is 1.50 bits per heavy atom. The normalized spacial score (nSPS) is 32.5. The summed E-state index contributed by atoms with van der Waals surface area (Å²) in [5.74, 6) is -1.30. The largest absolute Gasteiger partial charge is 0.361 e. The average Bonchev–Trinajstić information content (AvgIpc) is 2.61. The molecule has 0 spiro atoms. The molecule has 4 heteroatoms. The zero-order valence-electron chi connectivity index (χ0n) is 6.82. The molecule has 0 aromatic carbocycles. The minimum absolute atomic E-state index is 0.301. The summed E-state index contributed by atoms with van der Waals surface area (Å²) in [7, 11) is 0. The van der Waals surface area contributed by atoms with Crippen molar-refractivity contribution in [2.75, 3.05) is 0 Å². The molecule has 12 heavy (non-hydrogen) atoms. The molecular weight excluding hydrogens is 156 g/mol. The van der Waals surface area contributed by atoms with E-state index in [-0.39, 0.29) is 0 Å². The molecule has 2 N–H and O–H groups in total. The van der Waals surface area contributed by atoms with Crippen LogP contribution >= 0.6 is 0 Å². The first-order chi connectivity index (χ1) is 5.70. The summed E-state index contributed by atoms with van der Waals surface area (Å²) in [6.45, 7) is 0. The van der Waals surface area contributed by atoms with E-state index >= 15 is 0 Å². The van der Waals surface area contributed by atoms with E-state index in [1.165, 1.54) is 0 Å². The fourth-order valence-corrected chi connectivity index (χ4v) is 2.37. The van der Waals surface area contributed by atoms with Crippen molar-refractivity contribution in [2.24, 2.45) is 5.73 Å². The van der Waals surface area contributed by atoms with Crippen molar-refractivity contribution >= 4 is 11.8 Å². The lowest BCUT2D eigenvalue weighted by atomic mass is 10.0. The Balaban J connectivity index is 2.14. The Labute approximate surface area is 70.7 Å². The number of rotatable bonds is 0. The van der Waals surface area contributed by atoms with E-state index in [1.54, 1.807) is 4.90 Å². The van der Waals surface area contributed by atoms with Gasteiger partial charge in [0.1, 0.15) is 0 Å². The predicted molar refractivity (Wildman–Crippen MR) is 42.1 cm³/mol. The van der Waals surface area contributed by atoms with Crippen molar-refractivity contribution < 1.29 is 9.59 Å². The first kappa shape index (κ1) is 7.58. The van der Waals surface area contributed by atoms with Crippen molar-refractivity contribution in [3.8, 4) is 0 Å². The molecule has 0 aromatic heterocycles. The van der Waals surface area contributed by atoms with E-state index in [2.05, 4.69) is 0 Å². The highest BCUT2D eigenvalue weighted by Gasteiger charge is 2.43. The third kappa shape index (κ3) is 0.906. The van der Waals surface area contributed by atoms with Gasteiger partial charge in [0, 0.05) is 12.1 Å². The average molecular weight is 168 g/mol. The van der Waals surface area contributed by atoms with Gasteiger partial charge in [0.2, 0.25) is 0 Å². The van der Waals surface area contributed by atoms with Crippen molar-refractivity contribution in [1.29, 1.82) is 0 Å². The maximum atomic E-state index is 11.3. The van der Waals surface area contributed by atoms with Crippen molar-refractivity contribution in [3.05, 3.63) is 0 Å². The molecule has 0 radical (unpaired) electrons. The van der Waals surface area contributed by atoms with Crippen molar-refractivity contribution in [1.82, 2.24) is 4.90 Å². The molecule has 2 fully saturated rings. The van der Waals surface area contributed by atoms with Gasteiger partial charge in [0.05, 0.1) is 0 Å². The molecule has 2 aliphatic rings. The highest BCUT2D eigenvalue weighted by atomic mass is 16.2. The molecule has 0 saturated carbocycles. The number of fused-ring (bicyclic) bond motifs is 2. The Bertz CT molecular complexity index is 219. The molecule has 2 bridgehead atoms. The number of carbonyl (C=O) groups excluding carboxylic acids is 2. The standard InChI is InChI=1S/C8H12N2O2/c9-7(11)8(12)10-5-1-2-6(10)4-3-5/h5-6H,1-4H2,(H2,9,11). The summed E-state index contributed by atoms with van der Waals surface area (Å²) in [5.41, 5.74) is 4.94. The van der Waals surface area contributed by atoms with Gasteiger partial charge in [-0.2, -0.15) is 0 Å². The van der Waals surface area contributed by atoms with E-state index in [9.17, 15) is 9.59 Å². The molecule has 66 valence electrons. The molecule has 2 rings (SSSR count). The molecule has 2 amide bonds. The maximum absolute atomic E-state index is 11.3. The fourth-order valence-electron chi connectivity index (χ4n) is 2.37. The van der Waals surface area contributed by atoms with Crippen LogP contribution in [0.5, 0.6) is 0 Å². The second kappa shape index (κ2) is 2.47. The number of primary amides is 1. The van der Waals surface area contributed by atoms with Crippen LogP contribution in [0.3, 0.4) is 0 Å². The van der Waals surface area contributed by atoms with Gasteiger partial charge >= 0.3 is 11.8 Å². The lowest BCUT2D eigenvalue weighted by molar-refractivity contribution is -0.145. The number of nitrogens with zero attached hydrogens (tertiary/aromatic N) is 1.